The number of nitrogens with zero attached hydrogens (tertiary/aromatic N) is 3. The van der Waals surface area contributed by atoms with E-state index < -0.39 is 0 Å². The molecule has 0 saturated carbocycles. The number of carbonyl (C=O) groups excluding carboxylic acids is 1. The number of carbonyl (C=O) groups is 1. The second-order valence-corrected chi connectivity index (χ2v) is 6.49. The quantitative estimate of drug-likeness (QED) is 0.774. The number of hydrogen-bond acceptors (Lipinski definition) is 7. The van der Waals surface area contributed by atoms with Gasteiger partial charge in [-0.1, -0.05) is 6.07 Å². The molecular formula is C20H26N4O4. The van der Waals surface area contributed by atoms with E-state index in [-0.39, 0.29) is 5.91 Å². The number of ether oxygens (including phenoxy) is 3. The van der Waals surface area contributed by atoms with Gasteiger partial charge in [-0.05, 0) is 37.1 Å². The fraction of sp³-hybridized carbons (Fsp3) is 0.450. The monoisotopic (exact) mass is 386 g/mol. The highest BCUT2D eigenvalue weighted by atomic mass is 16.5. The molecule has 3 rings (SSSR count). The van der Waals surface area contributed by atoms with Gasteiger partial charge in [-0.25, -0.2) is 9.97 Å². The van der Waals surface area contributed by atoms with Crippen LogP contribution in [-0.4, -0.2) is 62.9 Å². The molecule has 1 fully saturated rings. The minimum absolute atomic E-state index is 0.208. The van der Waals surface area contributed by atoms with Gasteiger partial charge >= 0.3 is 0 Å². The van der Waals surface area contributed by atoms with Crippen molar-refractivity contribution in [3.05, 3.63) is 41.2 Å². The summed E-state index contributed by atoms with van der Waals surface area (Å²) < 4.78 is 15.9. The predicted octanol–water partition coefficient (Wildman–Crippen LogP) is 1.61. The first-order valence-corrected chi connectivity index (χ1v) is 9.28. The second-order valence-electron chi connectivity index (χ2n) is 6.49. The number of methoxy groups -OCH3 is 2. The van der Waals surface area contributed by atoms with Crippen LogP contribution in [0.5, 0.6) is 11.5 Å². The van der Waals surface area contributed by atoms with Crippen molar-refractivity contribution in [2.45, 2.75) is 13.3 Å². The number of benzene rings is 1. The van der Waals surface area contributed by atoms with Gasteiger partial charge in [0.2, 0.25) is 5.95 Å². The fourth-order valence-electron chi connectivity index (χ4n) is 3.02. The zero-order valence-electron chi connectivity index (χ0n) is 16.5. The van der Waals surface area contributed by atoms with Gasteiger partial charge in [0, 0.05) is 25.3 Å². The van der Waals surface area contributed by atoms with Crippen molar-refractivity contribution in [2.75, 3.05) is 52.0 Å². The molecule has 0 atom stereocenters. The summed E-state index contributed by atoms with van der Waals surface area (Å²) in [6.07, 6.45) is 0.673. The van der Waals surface area contributed by atoms with Crippen LogP contribution in [0.15, 0.2) is 24.3 Å². The Kier molecular flexibility index (Phi) is 6.65. The highest BCUT2D eigenvalue weighted by molar-refractivity contribution is 5.92. The lowest BCUT2D eigenvalue weighted by atomic mass is 10.1. The first-order chi connectivity index (χ1) is 13.6. The summed E-state index contributed by atoms with van der Waals surface area (Å²) in [4.78, 5) is 23.5. The highest BCUT2D eigenvalue weighted by Crippen LogP contribution is 2.27. The molecule has 1 aromatic heterocycles. The molecule has 0 spiro atoms. The van der Waals surface area contributed by atoms with Gasteiger partial charge in [0.15, 0.2) is 11.5 Å². The number of nitrogens with one attached hydrogen (secondary N) is 1. The normalized spacial score (nSPS) is 13.9. The first-order valence-electron chi connectivity index (χ1n) is 9.28. The molecule has 1 aliphatic heterocycles. The van der Waals surface area contributed by atoms with Crippen molar-refractivity contribution in [1.29, 1.82) is 0 Å². The Morgan fingerprint density at radius 3 is 2.61 bits per heavy atom. The van der Waals surface area contributed by atoms with Crippen LogP contribution in [0, 0.1) is 6.92 Å². The molecule has 1 amide bonds. The molecule has 8 heteroatoms. The molecule has 0 bridgehead atoms. The van der Waals surface area contributed by atoms with E-state index in [1.165, 1.54) is 0 Å². The maximum Gasteiger partial charge on any atom is 0.270 e. The Balaban J connectivity index is 1.61. The van der Waals surface area contributed by atoms with Crippen LogP contribution in [-0.2, 0) is 11.2 Å². The van der Waals surface area contributed by atoms with Crippen molar-refractivity contribution in [3.8, 4) is 11.5 Å². The van der Waals surface area contributed by atoms with Gasteiger partial charge in [0.25, 0.3) is 5.91 Å². The second kappa shape index (κ2) is 9.36. The largest absolute Gasteiger partial charge is 0.493 e. The predicted molar refractivity (Wildman–Crippen MR) is 105 cm³/mol. The van der Waals surface area contributed by atoms with E-state index >= 15 is 0 Å². The third-order valence-corrected chi connectivity index (χ3v) is 4.52. The van der Waals surface area contributed by atoms with Gasteiger partial charge in [0.1, 0.15) is 5.69 Å². The van der Waals surface area contributed by atoms with Gasteiger partial charge in [0.05, 0.1) is 27.4 Å². The van der Waals surface area contributed by atoms with Gasteiger partial charge in [-0.15, -0.1) is 0 Å². The molecule has 0 unspecified atom stereocenters. The smallest absolute Gasteiger partial charge is 0.270 e. The molecule has 1 aliphatic rings. The molecule has 1 aromatic carbocycles. The number of anilines is 1. The summed E-state index contributed by atoms with van der Waals surface area (Å²) in [7, 11) is 3.21. The van der Waals surface area contributed by atoms with Crippen molar-refractivity contribution in [3.63, 3.8) is 0 Å². The van der Waals surface area contributed by atoms with E-state index in [0.717, 1.165) is 24.3 Å². The summed E-state index contributed by atoms with van der Waals surface area (Å²) >= 11 is 0. The molecule has 8 nitrogen and oxygen atoms in total. The average Bonchev–Trinajstić information content (AvgIpc) is 2.73. The van der Waals surface area contributed by atoms with Crippen LogP contribution in [0.1, 0.15) is 21.7 Å². The Bertz CT molecular complexity index is 822. The zero-order chi connectivity index (χ0) is 19.9. The maximum atomic E-state index is 12.6. The van der Waals surface area contributed by atoms with Crippen molar-refractivity contribution in [1.82, 2.24) is 15.3 Å². The average molecular weight is 386 g/mol. The highest BCUT2D eigenvalue weighted by Gasteiger charge is 2.17. The van der Waals surface area contributed by atoms with E-state index in [1.54, 1.807) is 20.3 Å². The third-order valence-electron chi connectivity index (χ3n) is 4.52. The standard InChI is InChI=1S/C20H26N4O4/c1-14-12-16(23-20(22-14)24-8-10-28-11-9-24)19(25)21-7-6-15-4-5-17(26-2)18(13-15)27-3/h4-5,12-13H,6-11H2,1-3H3,(H,21,25). The van der Waals surface area contributed by atoms with Crippen molar-refractivity contribution < 1.29 is 19.0 Å². The molecule has 2 heterocycles. The minimum Gasteiger partial charge on any atom is -0.493 e. The fourth-order valence-corrected chi connectivity index (χ4v) is 3.02. The minimum atomic E-state index is -0.208. The maximum absolute atomic E-state index is 12.6. The number of amides is 1. The van der Waals surface area contributed by atoms with Crippen LogP contribution >= 0.6 is 0 Å². The van der Waals surface area contributed by atoms with E-state index in [4.69, 9.17) is 14.2 Å². The number of morpholine rings is 1. The number of hydrogen-bond donors (Lipinski definition) is 1. The molecule has 1 saturated heterocycles. The third kappa shape index (κ3) is 4.89. The number of rotatable bonds is 7. The van der Waals surface area contributed by atoms with Crippen LogP contribution in [0.3, 0.4) is 0 Å². The summed E-state index contributed by atoms with van der Waals surface area (Å²) in [6.45, 7) is 5.10. The van der Waals surface area contributed by atoms with E-state index in [9.17, 15) is 4.79 Å². The SMILES string of the molecule is COc1ccc(CCNC(=O)c2cc(C)nc(N3CCOCC3)n2)cc1OC. The molecular weight excluding hydrogens is 360 g/mol. The number of aryl methyl sites for hydroxylation is 1. The van der Waals surface area contributed by atoms with Crippen molar-refractivity contribution in [2.24, 2.45) is 0 Å². The Hall–Kier alpha value is -2.87. The Labute approximate surface area is 164 Å². The Morgan fingerprint density at radius 2 is 1.89 bits per heavy atom. The van der Waals surface area contributed by atoms with Gasteiger partial charge in [-0.2, -0.15) is 0 Å². The van der Waals surface area contributed by atoms with Crippen LogP contribution in [0.4, 0.5) is 5.95 Å². The lowest BCUT2D eigenvalue weighted by Gasteiger charge is -2.27. The number of aromatic nitrogens is 2. The zero-order valence-corrected chi connectivity index (χ0v) is 16.5. The summed E-state index contributed by atoms with van der Waals surface area (Å²) in [5.74, 6) is 1.73. The van der Waals surface area contributed by atoms with E-state index in [2.05, 4.69) is 15.3 Å². The van der Waals surface area contributed by atoms with Crippen LogP contribution < -0.4 is 19.7 Å². The van der Waals surface area contributed by atoms with E-state index in [0.29, 0.717) is 49.3 Å². The first kappa shape index (κ1) is 19.9. The molecule has 0 aliphatic carbocycles. The molecule has 28 heavy (non-hydrogen) atoms. The topological polar surface area (TPSA) is 85.8 Å². The lowest BCUT2D eigenvalue weighted by molar-refractivity contribution is 0.0948. The van der Waals surface area contributed by atoms with Crippen molar-refractivity contribution >= 4 is 11.9 Å². The molecule has 1 N–H and O–H groups in total. The molecule has 0 radical (unpaired) electrons. The van der Waals surface area contributed by atoms with Gasteiger partial charge in [-0.3, -0.25) is 4.79 Å². The molecule has 150 valence electrons. The summed E-state index contributed by atoms with van der Waals surface area (Å²) in [5, 5.41) is 2.93. The van der Waals surface area contributed by atoms with Crippen LogP contribution in [0.25, 0.3) is 0 Å². The van der Waals surface area contributed by atoms with Gasteiger partial charge < -0.3 is 24.4 Å². The summed E-state index contributed by atoms with van der Waals surface area (Å²) in [5.41, 5.74) is 2.19. The Morgan fingerprint density at radius 1 is 1.14 bits per heavy atom. The summed E-state index contributed by atoms with van der Waals surface area (Å²) in [6, 6.07) is 7.43. The molecule has 2 aromatic rings. The van der Waals surface area contributed by atoms with E-state index in [1.807, 2.05) is 30.0 Å². The van der Waals surface area contributed by atoms with Crippen LogP contribution in [0.2, 0.25) is 0 Å². The lowest BCUT2D eigenvalue weighted by Crippen LogP contribution is -2.38.